The average Bonchev–Trinajstić information content (AvgIpc) is 3.17. The van der Waals surface area contributed by atoms with Gasteiger partial charge in [-0.1, -0.05) is 36.4 Å². The second-order valence-corrected chi connectivity index (χ2v) is 5.96. The maximum Gasteiger partial charge on any atom is 0.348 e. The van der Waals surface area contributed by atoms with Gasteiger partial charge in [-0.25, -0.2) is 4.79 Å². The van der Waals surface area contributed by atoms with Crippen LogP contribution in [-0.4, -0.2) is 18.5 Å². The molecule has 0 aliphatic carbocycles. The van der Waals surface area contributed by atoms with Crippen LogP contribution in [0.5, 0.6) is 11.5 Å². The molecular formula is C19H15NO4S. The van der Waals surface area contributed by atoms with Gasteiger partial charge in [0.25, 0.3) is 5.91 Å². The molecule has 0 aliphatic rings. The van der Waals surface area contributed by atoms with E-state index >= 15 is 0 Å². The Morgan fingerprint density at radius 1 is 0.920 bits per heavy atom. The van der Waals surface area contributed by atoms with Crippen molar-refractivity contribution in [3.8, 4) is 11.5 Å². The highest BCUT2D eigenvalue weighted by molar-refractivity contribution is 7.11. The monoisotopic (exact) mass is 353 g/mol. The van der Waals surface area contributed by atoms with E-state index in [1.807, 2.05) is 36.4 Å². The number of anilines is 1. The van der Waals surface area contributed by atoms with Crippen molar-refractivity contribution in [2.45, 2.75) is 0 Å². The highest BCUT2D eigenvalue weighted by atomic mass is 32.1. The Morgan fingerprint density at radius 3 is 2.44 bits per heavy atom. The molecule has 2 aromatic carbocycles. The smallest absolute Gasteiger partial charge is 0.348 e. The maximum absolute atomic E-state index is 12.1. The van der Waals surface area contributed by atoms with Gasteiger partial charge < -0.3 is 14.8 Å². The first-order valence-corrected chi connectivity index (χ1v) is 8.43. The molecule has 0 saturated carbocycles. The zero-order valence-corrected chi connectivity index (χ0v) is 14.0. The number of thiophene rings is 1. The molecule has 126 valence electrons. The topological polar surface area (TPSA) is 64.6 Å². The fourth-order valence-electron chi connectivity index (χ4n) is 2.06. The lowest BCUT2D eigenvalue weighted by molar-refractivity contribution is -0.119. The molecule has 0 bridgehead atoms. The van der Waals surface area contributed by atoms with E-state index in [1.165, 1.54) is 11.3 Å². The van der Waals surface area contributed by atoms with Gasteiger partial charge in [-0.15, -0.1) is 11.3 Å². The molecule has 1 heterocycles. The van der Waals surface area contributed by atoms with Gasteiger partial charge in [0.2, 0.25) is 0 Å². The van der Waals surface area contributed by atoms with Crippen LogP contribution >= 0.6 is 11.3 Å². The number of ether oxygens (including phenoxy) is 2. The van der Waals surface area contributed by atoms with Crippen molar-refractivity contribution in [3.05, 3.63) is 77.0 Å². The first kappa shape index (κ1) is 16.7. The summed E-state index contributed by atoms with van der Waals surface area (Å²) in [5.41, 5.74) is 0.503. The Balaban J connectivity index is 1.60. The molecule has 3 rings (SSSR count). The number of amides is 1. The van der Waals surface area contributed by atoms with Crippen molar-refractivity contribution in [1.82, 2.24) is 0 Å². The third kappa shape index (κ3) is 4.68. The van der Waals surface area contributed by atoms with Crippen molar-refractivity contribution < 1.29 is 19.1 Å². The molecule has 0 saturated heterocycles. The number of rotatable bonds is 6. The van der Waals surface area contributed by atoms with E-state index < -0.39 is 11.9 Å². The van der Waals surface area contributed by atoms with Crippen molar-refractivity contribution in [1.29, 1.82) is 0 Å². The van der Waals surface area contributed by atoms with Crippen LogP contribution in [0.25, 0.3) is 0 Å². The number of hydrogen-bond acceptors (Lipinski definition) is 5. The molecule has 1 aromatic heterocycles. The van der Waals surface area contributed by atoms with Crippen LogP contribution in [0.1, 0.15) is 9.67 Å². The predicted octanol–water partition coefficient (Wildman–Crippen LogP) is 4.34. The summed E-state index contributed by atoms with van der Waals surface area (Å²) < 4.78 is 10.8. The van der Waals surface area contributed by atoms with E-state index in [-0.39, 0.29) is 6.61 Å². The van der Waals surface area contributed by atoms with Crippen LogP contribution in [0.2, 0.25) is 0 Å². The third-order valence-electron chi connectivity index (χ3n) is 3.19. The highest BCUT2D eigenvalue weighted by Gasteiger charge is 2.13. The van der Waals surface area contributed by atoms with E-state index in [0.717, 1.165) is 0 Å². The number of esters is 1. The molecular weight excluding hydrogens is 338 g/mol. The quantitative estimate of drug-likeness (QED) is 0.670. The first-order valence-electron chi connectivity index (χ1n) is 7.55. The predicted molar refractivity (Wildman–Crippen MR) is 96.2 cm³/mol. The average molecular weight is 353 g/mol. The summed E-state index contributed by atoms with van der Waals surface area (Å²) in [7, 11) is 0. The van der Waals surface area contributed by atoms with E-state index in [0.29, 0.717) is 22.1 Å². The van der Waals surface area contributed by atoms with E-state index in [2.05, 4.69) is 5.32 Å². The molecule has 0 atom stereocenters. The van der Waals surface area contributed by atoms with Crippen LogP contribution in [0.3, 0.4) is 0 Å². The lowest BCUT2D eigenvalue weighted by atomic mass is 10.3. The fourth-order valence-corrected chi connectivity index (χ4v) is 2.67. The minimum atomic E-state index is -0.515. The molecule has 0 fully saturated rings. The summed E-state index contributed by atoms with van der Waals surface area (Å²) in [6.07, 6.45) is 0. The zero-order valence-electron chi connectivity index (χ0n) is 13.2. The minimum Gasteiger partial charge on any atom is -0.455 e. The third-order valence-corrected chi connectivity index (χ3v) is 4.04. The van der Waals surface area contributed by atoms with E-state index in [9.17, 15) is 9.59 Å². The summed E-state index contributed by atoms with van der Waals surface area (Å²) in [5, 5.41) is 4.47. The Morgan fingerprint density at radius 2 is 1.68 bits per heavy atom. The van der Waals surface area contributed by atoms with Crippen LogP contribution in [0.4, 0.5) is 5.69 Å². The number of carbonyl (C=O) groups is 2. The Bertz CT molecular complexity index is 847. The molecule has 0 spiro atoms. The SMILES string of the molecule is O=C(COC(=O)c1cccs1)Nc1ccccc1Oc1ccccc1. The van der Waals surface area contributed by atoms with Crippen LogP contribution in [-0.2, 0) is 9.53 Å². The number of benzene rings is 2. The standard InChI is InChI=1S/C19H15NO4S/c21-18(13-23-19(22)17-11-6-12-25-17)20-15-9-4-5-10-16(15)24-14-7-2-1-3-8-14/h1-12H,13H2,(H,20,21). The van der Waals surface area contributed by atoms with Gasteiger partial charge >= 0.3 is 5.97 Å². The lowest BCUT2D eigenvalue weighted by Gasteiger charge is -2.12. The van der Waals surface area contributed by atoms with E-state index in [1.54, 1.807) is 35.7 Å². The normalized spacial score (nSPS) is 10.1. The zero-order chi connectivity index (χ0) is 17.5. The van der Waals surface area contributed by atoms with Gasteiger partial charge in [-0.2, -0.15) is 0 Å². The second-order valence-electron chi connectivity index (χ2n) is 5.01. The summed E-state index contributed by atoms with van der Waals surface area (Å²) in [6, 6.07) is 19.7. The number of hydrogen-bond donors (Lipinski definition) is 1. The Labute approximate surface area is 148 Å². The molecule has 0 unspecified atom stereocenters. The van der Waals surface area contributed by atoms with Crippen molar-refractivity contribution in [3.63, 3.8) is 0 Å². The van der Waals surface area contributed by atoms with Crippen LogP contribution in [0.15, 0.2) is 72.1 Å². The van der Waals surface area contributed by atoms with Gasteiger partial charge in [0, 0.05) is 0 Å². The minimum absolute atomic E-state index is 0.365. The van der Waals surface area contributed by atoms with E-state index in [4.69, 9.17) is 9.47 Å². The molecule has 0 radical (unpaired) electrons. The van der Waals surface area contributed by atoms with Crippen molar-refractivity contribution in [2.24, 2.45) is 0 Å². The number of para-hydroxylation sites is 3. The van der Waals surface area contributed by atoms with Crippen LogP contribution < -0.4 is 10.1 Å². The van der Waals surface area contributed by atoms with Gasteiger partial charge in [-0.05, 0) is 35.7 Å². The fraction of sp³-hybridized carbons (Fsp3) is 0.0526. The molecule has 1 amide bonds. The van der Waals surface area contributed by atoms with Crippen LogP contribution in [0, 0.1) is 0 Å². The molecule has 0 aliphatic heterocycles. The molecule has 5 nitrogen and oxygen atoms in total. The maximum atomic E-state index is 12.1. The number of carbonyl (C=O) groups excluding carboxylic acids is 2. The van der Waals surface area contributed by atoms with Crippen molar-refractivity contribution >= 4 is 28.9 Å². The Hall–Kier alpha value is -3.12. The summed E-state index contributed by atoms with van der Waals surface area (Å²) >= 11 is 1.26. The van der Waals surface area contributed by atoms with Gasteiger partial charge in [-0.3, -0.25) is 4.79 Å². The highest BCUT2D eigenvalue weighted by Crippen LogP contribution is 2.29. The Kier molecular flexibility index (Phi) is 5.43. The number of nitrogens with one attached hydrogen (secondary N) is 1. The molecule has 6 heteroatoms. The van der Waals surface area contributed by atoms with Crippen molar-refractivity contribution in [2.75, 3.05) is 11.9 Å². The van der Waals surface area contributed by atoms with Gasteiger partial charge in [0.15, 0.2) is 12.4 Å². The largest absolute Gasteiger partial charge is 0.455 e. The molecule has 1 N–H and O–H groups in total. The molecule has 25 heavy (non-hydrogen) atoms. The summed E-state index contributed by atoms with van der Waals surface area (Å²) in [5.74, 6) is 0.216. The molecule has 3 aromatic rings. The lowest BCUT2D eigenvalue weighted by Crippen LogP contribution is -2.20. The first-order chi connectivity index (χ1) is 12.2. The van der Waals surface area contributed by atoms with Gasteiger partial charge in [0.05, 0.1) is 5.69 Å². The van der Waals surface area contributed by atoms with Gasteiger partial charge in [0.1, 0.15) is 10.6 Å². The second kappa shape index (κ2) is 8.12. The summed E-state index contributed by atoms with van der Waals surface area (Å²) in [4.78, 5) is 24.3. The summed E-state index contributed by atoms with van der Waals surface area (Å²) in [6.45, 7) is -0.365.